The van der Waals surface area contributed by atoms with Gasteiger partial charge in [0.25, 0.3) is 5.91 Å². The minimum absolute atomic E-state index is 0.00788. The Bertz CT molecular complexity index is 1260. The molecule has 2 aromatic carbocycles. The number of carbonyl (C=O) groups is 2. The van der Waals surface area contributed by atoms with Crippen LogP contribution in [0.4, 0.5) is 0 Å². The van der Waals surface area contributed by atoms with Crippen LogP contribution in [0.3, 0.4) is 0 Å². The van der Waals surface area contributed by atoms with Crippen molar-refractivity contribution in [3.05, 3.63) is 94.8 Å². The number of amidine groups is 1. The number of Topliss-reactive ketones (excluding diaryl/α,β-unsaturated/α-hetero) is 1. The van der Waals surface area contributed by atoms with Gasteiger partial charge in [-0.2, -0.15) is 0 Å². The number of nitrogens with one attached hydrogen (secondary N) is 2. The third-order valence-electron chi connectivity index (χ3n) is 6.11. The van der Waals surface area contributed by atoms with Gasteiger partial charge in [0.2, 0.25) is 0 Å². The van der Waals surface area contributed by atoms with Gasteiger partial charge in [-0.25, -0.2) is 0 Å². The van der Waals surface area contributed by atoms with Crippen molar-refractivity contribution < 1.29 is 9.59 Å². The lowest BCUT2D eigenvalue weighted by molar-refractivity contribution is 0.0945. The lowest BCUT2D eigenvalue weighted by atomic mass is 9.90. The molecule has 1 fully saturated rings. The second-order valence-electron chi connectivity index (χ2n) is 8.75. The molecule has 0 spiro atoms. The summed E-state index contributed by atoms with van der Waals surface area (Å²) in [6, 6.07) is 14.5. The van der Waals surface area contributed by atoms with E-state index in [2.05, 4.69) is 16.9 Å². The number of benzene rings is 2. The van der Waals surface area contributed by atoms with Crippen LogP contribution in [0.1, 0.15) is 55.9 Å². The molecule has 0 atom stereocenters. The zero-order chi connectivity index (χ0) is 24.2. The van der Waals surface area contributed by atoms with E-state index in [4.69, 9.17) is 11.1 Å². The summed E-state index contributed by atoms with van der Waals surface area (Å²) in [5.41, 5.74) is 11.3. The molecule has 0 radical (unpaired) electrons. The predicted octanol–water partition coefficient (Wildman–Crippen LogP) is 4.55. The van der Waals surface area contributed by atoms with Crippen LogP contribution in [0, 0.1) is 18.3 Å². The van der Waals surface area contributed by atoms with Gasteiger partial charge in [-0.3, -0.25) is 20.0 Å². The van der Waals surface area contributed by atoms with Gasteiger partial charge in [-0.05, 0) is 60.1 Å². The molecule has 6 heteroatoms. The quantitative estimate of drug-likeness (QED) is 0.251. The van der Waals surface area contributed by atoms with Crippen LogP contribution in [0.15, 0.2) is 61.3 Å². The number of aromatic nitrogens is 1. The van der Waals surface area contributed by atoms with Crippen LogP contribution in [0.5, 0.6) is 0 Å². The summed E-state index contributed by atoms with van der Waals surface area (Å²) in [4.78, 5) is 30.1. The SMILES string of the molecule is C=Cc1cc(C(=O)Cc2ccc(C(=N)N)cc2)c(-c2ccc(C(=O)NCC3CC3)nc2)cc1C. The molecule has 1 saturated carbocycles. The number of aryl methyl sites for hydroxylation is 1. The van der Waals surface area contributed by atoms with E-state index >= 15 is 0 Å². The van der Waals surface area contributed by atoms with E-state index in [9.17, 15) is 9.59 Å². The molecular formula is C28H28N4O2. The number of nitrogen functional groups attached to an aromatic ring is 1. The molecule has 34 heavy (non-hydrogen) atoms. The Balaban J connectivity index is 1.61. The van der Waals surface area contributed by atoms with E-state index < -0.39 is 0 Å². The van der Waals surface area contributed by atoms with Crippen molar-refractivity contribution in [1.82, 2.24) is 10.3 Å². The lowest BCUT2D eigenvalue weighted by Gasteiger charge is -2.13. The smallest absolute Gasteiger partial charge is 0.269 e. The number of rotatable bonds is 9. The molecule has 4 rings (SSSR count). The number of ketones is 1. The third kappa shape index (κ3) is 5.29. The average molecular weight is 453 g/mol. The standard InChI is InChI=1S/C28H28N4O2/c1-3-20-14-24(26(33)13-18-6-8-21(9-7-18)27(29)30)23(12-17(20)2)22-10-11-25(31-16-22)28(34)32-15-19-4-5-19/h3,6-12,14,16,19H,1,4-5,13,15H2,2H3,(H3,29,30)(H,32,34). The summed E-state index contributed by atoms with van der Waals surface area (Å²) in [5, 5.41) is 10.5. The highest BCUT2D eigenvalue weighted by Gasteiger charge is 2.22. The van der Waals surface area contributed by atoms with Crippen molar-refractivity contribution in [3.8, 4) is 11.1 Å². The van der Waals surface area contributed by atoms with Gasteiger partial charge in [0.1, 0.15) is 11.5 Å². The Morgan fingerprint density at radius 2 is 1.91 bits per heavy atom. The summed E-state index contributed by atoms with van der Waals surface area (Å²) in [7, 11) is 0. The fourth-order valence-corrected chi connectivity index (χ4v) is 3.83. The van der Waals surface area contributed by atoms with E-state index in [0.29, 0.717) is 29.3 Å². The highest BCUT2D eigenvalue weighted by atomic mass is 16.1. The molecule has 0 bridgehead atoms. The van der Waals surface area contributed by atoms with Crippen molar-refractivity contribution in [1.29, 1.82) is 5.41 Å². The van der Waals surface area contributed by atoms with Crippen LogP contribution in [0.25, 0.3) is 17.2 Å². The summed E-state index contributed by atoms with van der Waals surface area (Å²) < 4.78 is 0. The van der Waals surface area contributed by atoms with E-state index in [1.54, 1.807) is 30.5 Å². The first kappa shape index (κ1) is 23.1. The minimum atomic E-state index is -0.179. The number of carbonyl (C=O) groups excluding carboxylic acids is 2. The summed E-state index contributed by atoms with van der Waals surface area (Å²) in [6.45, 7) is 6.54. The molecule has 1 heterocycles. The Morgan fingerprint density at radius 1 is 1.18 bits per heavy atom. The molecule has 1 amide bonds. The van der Waals surface area contributed by atoms with Crippen molar-refractivity contribution in [2.24, 2.45) is 11.7 Å². The number of amides is 1. The van der Waals surface area contributed by atoms with E-state index in [0.717, 1.165) is 27.8 Å². The van der Waals surface area contributed by atoms with Crippen molar-refractivity contribution in [3.63, 3.8) is 0 Å². The topological polar surface area (TPSA) is 109 Å². The van der Waals surface area contributed by atoms with Gasteiger partial charge in [0, 0.05) is 35.9 Å². The lowest BCUT2D eigenvalue weighted by Crippen LogP contribution is -2.26. The molecule has 0 unspecified atom stereocenters. The van der Waals surface area contributed by atoms with Gasteiger partial charge in [0.15, 0.2) is 5.78 Å². The predicted molar refractivity (Wildman–Crippen MR) is 135 cm³/mol. The highest BCUT2D eigenvalue weighted by molar-refractivity contribution is 6.04. The zero-order valence-electron chi connectivity index (χ0n) is 19.2. The van der Waals surface area contributed by atoms with E-state index in [1.807, 2.05) is 37.3 Å². The highest BCUT2D eigenvalue weighted by Crippen LogP contribution is 2.29. The van der Waals surface area contributed by atoms with Gasteiger partial charge in [-0.1, -0.05) is 49.1 Å². The van der Waals surface area contributed by atoms with E-state index in [-0.39, 0.29) is 23.9 Å². The van der Waals surface area contributed by atoms with Gasteiger partial charge in [-0.15, -0.1) is 0 Å². The molecule has 172 valence electrons. The molecule has 1 aromatic heterocycles. The Morgan fingerprint density at radius 3 is 2.50 bits per heavy atom. The molecule has 0 saturated heterocycles. The van der Waals surface area contributed by atoms with Crippen LogP contribution in [0.2, 0.25) is 0 Å². The second-order valence-corrected chi connectivity index (χ2v) is 8.75. The van der Waals surface area contributed by atoms with Crippen LogP contribution < -0.4 is 11.1 Å². The Kier molecular flexibility index (Phi) is 6.68. The van der Waals surface area contributed by atoms with Gasteiger partial charge < -0.3 is 11.1 Å². The largest absolute Gasteiger partial charge is 0.384 e. The molecule has 1 aliphatic carbocycles. The fraction of sp³-hybridized carbons (Fsp3) is 0.214. The fourth-order valence-electron chi connectivity index (χ4n) is 3.83. The average Bonchev–Trinajstić information content (AvgIpc) is 3.67. The second kappa shape index (κ2) is 9.83. The number of hydrogen-bond acceptors (Lipinski definition) is 4. The maximum atomic E-state index is 13.4. The summed E-state index contributed by atoms with van der Waals surface area (Å²) in [6.07, 6.45) is 5.94. The van der Waals surface area contributed by atoms with Crippen molar-refractivity contribution in [2.45, 2.75) is 26.2 Å². The first-order chi connectivity index (χ1) is 16.4. The Labute approximate surface area is 199 Å². The number of nitrogens with two attached hydrogens (primary N) is 1. The Hall–Kier alpha value is -4.06. The molecular weight excluding hydrogens is 424 g/mol. The maximum absolute atomic E-state index is 13.4. The van der Waals surface area contributed by atoms with E-state index in [1.165, 1.54) is 12.8 Å². The molecule has 0 aliphatic heterocycles. The summed E-state index contributed by atoms with van der Waals surface area (Å²) >= 11 is 0. The first-order valence-corrected chi connectivity index (χ1v) is 11.3. The first-order valence-electron chi connectivity index (χ1n) is 11.3. The van der Waals surface area contributed by atoms with Crippen LogP contribution in [-0.2, 0) is 6.42 Å². The molecule has 4 N–H and O–H groups in total. The molecule has 1 aliphatic rings. The van der Waals surface area contributed by atoms with Crippen LogP contribution in [-0.4, -0.2) is 29.1 Å². The van der Waals surface area contributed by atoms with Crippen molar-refractivity contribution >= 4 is 23.6 Å². The third-order valence-corrected chi connectivity index (χ3v) is 6.11. The number of hydrogen-bond donors (Lipinski definition) is 3. The number of pyridine rings is 1. The normalized spacial score (nSPS) is 12.7. The molecule has 6 nitrogen and oxygen atoms in total. The van der Waals surface area contributed by atoms with Crippen molar-refractivity contribution in [2.75, 3.05) is 6.54 Å². The van der Waals surface area contributed by atoms with Gasteiger partial charge >= 0.3 is 0 Å². The van der Waals surface area contributed by atoms with Crippen LogP contribution >= 0.6 is 0 Å². The molecule has 3 aromatic rings. The number of nitrogens with zero attached hydrogens (tertiary/aromatic N) is 1. The zero-order valence-corrected chi connectivity index (χ0v) is 19.2. The minimum Gasteiger partial charge on any atom is -0.384 e. The monoisotopic (exact) mass is 452 g/mol. The maximum Gasteiger partial charge on any atom is 0.269 e. The van der Waals surface area contributed by atoms with Gasteiger partial charge in [0.05, 0.1) is 0 Å². The summed E-state index contributed by atoms with van der Waals surface area (Å²) in [5.74, 6) is 0.371.